The van der Waals surface area contributed by atoms with Gasteiger partial charge in [-0.05, 0) is 36.4 Å². The molecule has 0 aliphatic heterocycles. The predicted octanol–water partition coefficient (Wildman–Crippen LogP) is 1.52. The number of nitrogens with one attached hydrogen (secondary N) is 2. The fourth-order valence-corrected chi connectivity index (χ4v) is 1.92. The van der Waals surface area contributed by atoms with Crippen molar-refractivity contribution in [2.75, 3.05) is 7.05 Å². The number of rotatable bonds is 3. The zero-order valence-corrected chi connectivity index (χ0v) is 10.5. The van der Waals surface area contributed by atoms with Gasteiger partial charge in [0, 0.05) is 24.5 Å². The summed E-state index contributed by atoms with van der Waals surface area (Å²) in [5.74, 6) is -0.0570. The van der Waals surface area contributed by atoms with E-state index in [9.17, 15) is 9.59 Å². The van der Waals surface area contributed by atoms with E-state index >= 15 is 0 Å². The summed E-state index contributed by atoms with van der Waals surface area (Å²) in [5.41, 5.74) is 2.48. The van der Waals surface area contributed by atoms with Crippen LogP contribution in [0.3, 0.4) is 0 Å². The molecule has 1 amide bonds. The second-order valence-corrected chi connectivity index (χ2v) is 4.39. The molecule has 1 heterocycles. The van der Waals surface area contributed by atoms with Crippen molar-refractivity contribution in [3.05, 3.63) is 45.7 Å². The predicted molar refractivity (Wildman–Crippen MR) is 71.7 cm³/mol. The van der Waals surface area contributed by atoms with Crippen molar-refractivity contribution < 1.29 is 4.79 Å². The number of carbonyl (C=O) groups is 1. The molecule has 1 aromatic carbocycles. The van der Waals surface area contributed by atoms with Crippen molar-refractivity contribution in [3.8, 4) is 0 Å². The zero-order chi connectivity index (χ0) is 13.1. The highest BCUT2D eigenvalue weighted by atomic mass is 16.1. The highest BCUT2D eigenvalue weighted by Crippen LogP contribution is 2.13. The van der Waals surface area contributed by atoms with Crippen LogP contribution in [-0.4, -0.2) is 17.9 Å². The van der Waals surface area contributed by atoms with E-state index in [4.69, 9.17) is 0 Å². The summed E-state index contributed by atoms with van der Waals surface area (Å²) in [5, 5.41) is 3.54. The Bertz CT molecular complexity index is 644. The van der Waals surface area contributed by atoms with Crippen LogP contribution in [0.1, 0.15) is 17.5 Å². The number of carbonyl (C=O) groups excluding carboxylic acids is 1. The molecule has 18 heavy (non-hydrogen) atoms. The number of H-pyrrole nitrogens is 1. The van der Waals surface area contributed by atoms with Gasteiger partial charge in [0.2, 0.25) is 5.91 Å². The van der Waals surface area contributed by atoms with E-state index in [0.717, 1.165) is 16.5 Å². The first-order chi connectivity index (χ1) is 8.60. The van der Waals surface area contributed by atoms with E-state index < -0.39 is 0 Å². The Balaban J connectivity index is 2.35. The number of fused-ring (bicyclic) bond motifs is 1. The van der Waals surface area contributed by atoms with E-state index in [1.807, 2.05) is 31.2 Å². The Morgan fingerprint density at radius 3 is 2.83 bits per heavy atom. The van der Waals surface area contributed by atoms with Crippen molar-refractivity contribution in [1.29, 1.82) is 0 Å². The monoisotopic (exact) mass is 244 g/mol. The Labute approximate surface area is 105 Å². The van der Waals surface area contributed by atoms with Gasteiger partial charge in [-0.3, -0.25) is 9.59 Å². The number of hydrogen-bond donors (Lipinski definition) is 2. The Morgan fingerprint density at radius 2 is 2.11 bits per heavy atom. The van der Waals surface area contributed by atoms with Crippen LogP contribution in [-0.2, 0) is 11.2 Å². The van der Waals surface area contributed by atoms with Crippen LogP contribution >= 0.6 is 0 Å². The van der Waals surface area contributed by atoms with Gasteiger partial charge in [-0.25, -0.2) is 0 Å². The van der Waals surface area contributed by atoms with Gasteiger partial charge in [0.1, 0.15) is 0 Å². The van der Waals surface area contributed by atoms with E-state index in [0.29, 0.717) is 18.4 Å². The highest BCUT2D eigenvalue weighted by molar-refractivity contribution is 5.80. The molecule has 0 saturated carbocycles. The molecule has 2 aromatic rings. The molecule has 2 N–H and O–H groups in total. The maximum atomic E-state index is 11.9. The molecule has 4 nitrogen and oxygen atoms in total. The van der Waals surface area contributed by atoms with Crippen LogP contribution in [0.25, 0.3) is 10.9 Å². The molecule has 0 unspecified atom stereocenters. The fourth-order valence-electron chi connectivity index (χ4n) is 1.92. The SMILES string of the molecule is CNC(=O)CCc1cc2ccc(C)cc2[nH]c1=O. The topological polar surface area (TPSA) is 62.0 Å². The molecule has 0 bridgehead atoms. The molecule has 2 rings (SSSR count). The minimum Gasteiger partial charge on any atom is -0.359 e. The first-order valence-electron chi connectivity index (χ1n) is 5.93. The molecule has 0 aliphatic carbocycles. The summed E-state index contributed by atoms with van der Waals surface area (Å²) in [7, 11) is 1.59. The molecule has 0 radical (unpaired) electrons. The third-order valence-electron chi connectivity index (χ3n) is 2.98. The number of pyridine rings is 1. The molecule has 0 saturated heterocycles. The first-order valence-corrected chi connectivity index (χ1v) is 5.93. The molecular weight excluding hydrogens is 228 g/mol. The maximum Gasteiger partial charge on any atom is 0.251 e. The molecule has 0 atom stereocenters. The minimum absolute atomic E-state index is 0.0570. The van der Waals surface area contributed by atoms with Crippen molar-refractivity contribution in [3.63, 3.8) is 0 Å². The molecule has 0 aliphatic rings. The quantitative estimate of drug-likeness (QED) is 0.859. The van der Waals surface area contributed by atoms with Crippen LogP contribution < -0.4 is 10.9 Å². The van der Waals surface area contributed by atoms with Crippen LogP contribution in [0.5, 0.6) is 0 Å². The van der Waals surface area contributed by atoms with E-state index in [-0.39, 0.29) is 11.5 Å². The van der Waals surface area contributed by atoms with Crippen molar-refractivity contribution in [1.82, 2.24) is 10.3 Å². The van der Waals surface area contributed by atoms with Gasteiger partial charge in [-0.15, -0.1) is 0 Å². The standard InChI is InChI=1S/C14H16N2O2/c1-9-3-4-10-8-11(5-6-13(17)15-2)14(18)16-12(10)7-9/h3-4,7-8H,5-6H2,1-2H3,(H,15,17)(H,16,18). The van der Waals surface area contributed by atoms with Gasteiger partial charge in [0.05, 0.1) is 0 Å². The van der Waals surface area contributed by atoms with Crippen LogP contribution in [0.2, 0.25) is 0 Å². The van der Waals surface area contributed by atoms with Gasteiger partial charge >= 0.3 is 0 Å². The summed E-state index contributed by atoms with van der Waals surface area (Å²) < 4.78 is 0. The summed E-state index contributed by atoms with van der Waals surface area (Å²) in [6.45, 7) is 1.98. The third kappa shape index (κ3) is 2.59. The molecule has 94 valence electrons. The third-order valence-corrected chi connectivity index (χ3v) is 2.98. The van der Waals surface area contributed by atoms with E-state index in [1.54, 1.807) is 7.05 Å². The molecule has 1 aromatic heterocycles. The number of aryl methyl sites for hydroxylation is 2. The molecule has 0 fully saturated rings. The minimum atomic E-state index is -0.114. The number of aromatic nitrogens is 1. The van der Waals surface area contributed by atoms with Gasteiger partial charge in [-0.1, -0.05) is 12.1 Å². The maximum absolute atomic E-state index is 11.9. The lowest BCUT2D eigenvalue weighted by Gasteiger charge is -2.04. The summed E-state index contributed by atoms with van der Waals surface area (Å²) in [6.07, 6.45) is 0.787. The second kappa shape index (κ2) is 5.04. The van der Waals surface area contributed by atoms with Crippen LogP contribution in [0, 0.1) is 6.92 Å². The van der Waals surface area contributed by atoms with Gasteiger partial charge < -0.3 is 10.3 Å². The Morgan fingerprint density at radius 1 is 1.33 bits per heavy atom. The highest BCUT2D eigenvalue weighted by Gasteiger charge is 2.05. The summed E-state index contributed by atoms with van der Waals surface area (Å²) >= 11 is 0. The second-order valence-electron chi connectivity index (χ2n) is 4.39. The number of hydrogen-bond acceptors (Lipinski definition) is 2. The average Bonchev–Trinajstić information content (AvgIpc) is 2.35. The van der Waals surface area contributed by atoms with Gasteiger partial charge in [0.25, 0.3) is 5.56 Å². The Kier molecular flexibility index (Phi) is 3.46. The zero-order valence-electron chi connectivity index (χ0n) is 10.5. The van der Waals surface area contributed by atoms with Crippen molar-refractivity contribution in [2.24, 2.45) is 0 Å². The smallest absolute Gasteiger partial charge is 0.251 e. The summed E-state index contributed by atoms with van der Waals surface area (Å²) in [6, 6.07) is 7.78. The van der Waals surface area contributed by atoms with Gasteiger partial charge in [-0.2, -0.15) is 0 Å². The fraction of sp³-hybridized carbons (Fsp3) is 0.286. The largest absolute Gasteiger partial charge is 0.359 e. The van der Waals surface area contributed by atoms with Crippen LogP contribution in [0.15, 0.2) is 29.1 Å². The molecular formula is C14H16N2O2. The Hall–Kier alpha value is -2.10. The first kappa shape index (κ1) is 12.4. The number of amides is 1. The van der Waals surface area contributed by atoms with Crippen molar-refractivity contribution >= 4 is 16.8 Å². The lowest BCUT2D eigenvalue weighted by molar-refractivity contribution is -0.120. The van der Waals surface area contributed by atoms with E-state index in [2.05, 4.69) is 10.3 Å². The van der Waals surface area contributed by atoms with Crippen LogP contribution in [0.4, 0.5) is 0 Å². The average molecular weight is 244 g/mol. The van der Waals surface area contributed by atoms with E-state index in [1.165, 1.54) is 0 Å². The number of benzene rings is 1. The number of aromatic amines is 1. The lowest BCUT2D eigenvalue weighted by atomic mass is 10.1. The molecule has 4 heteroatoms. The lowest BCUT2D eigenvalue weighted by Crippen LogP contribution is -2.20. The summed E-state index contributed by atoms with van der Waals surface area (Å²) in [4.78, 5) is 25.9. The normalized spacial score (nSPS) is 10.6. The van der Waals surface area contributed by atoms with Gasteiger partial charge in [0.15, 0.2) is 0 Å². The van der Waals surface area contributed by atoms with Crippen molar-refractivity contribution in [2.45, 2.75) is 19.8 Å². The molecule has 0 spiro atoms.